The molecule has 11 heavy (non-hydrogen) atoms. The van der Waals surface area contributed by atoms with Crippen molar-refractivity contribution in [2.45, 2.75) is 6.92 Å². The first kappa shape index (κ1) is 8.02. The van der Waals surface area contributed by atoms with Crippen molar-refractivity contribution in [3.8, 4) is 0 Å². The van der Waals surface area contributed by atoms with Crippen LogP contribution in [-0.4, -0.2) is 6.54 Å². The van der Waals surface area contributed by atoms with Crippen molar-refractivity contribution >= 4 is 6.08 Å². The maximum atomic E-state index is 5.32. The van der Waals surface area contributed by atoms with E-state index in [0.29, 0.717) is 6.54 Å². The minimum atomic E-state index is 0.605. The van der Waals surface area contributed by atoms with Gasteiger partial charge in [0.15, 0.2) is 0 Å². The number of nitrogens with two attached hydrogens (primary N) is 1. The lowest BCUT2D eigenvalue weighted by Crippen LogP contribution is -1.91. The van der Waals surface area contributed by atoms with Crippen LogP contribution in [0.1, 0.15) is 11.1 Å². The Morgan fingerprint density at radius 2 is 1.91 bits per heavy atom. The summed E-state index contributed by atoms with van der Waals surface area (Å²) >= 11 is 0. The van der Waals surface area contributed by atoms with Crippen LogP contribution in [0.5, 0.6) is 0 Å². The summed E-state index contributed by atoms with van der Waals surface area (Å²) in [6, 6.07) is 8.36. The molecule has 0 aliphatic carbocycles. The molecule has 0 saturated heterocycles. The lowest BCUT2D eigenvalue weighted by atomic mass is 10.1. The molecule has 0 atom stereocenters. The molecule has 0 aliphatic rings. The van der Waals surface area contributed by atoms with E-state index >= 15 is 0 Å². The molecular weight excluding hydrogens is 134 g/mol. The van der Waals surface area contributed by atoms with Gasteiger partial charge in [0.1, 0.15) is 0 Å². The Balaban J connectivity index is 2.73. The van der Waals surface area contributed by atoms with E-state index in [1.165, 1.54) is 11.1 Å². The zero-order chi connectivity index (χ0) is 8.10. The molecule has 1 aromatic rings. The average molecular weight is 147 g/mol. The summed E-state index contributed by atoms with van der Waals surface area (Å²) in [5.74, 6) is 0. The van der Waals surface area contributed by atoms with Crippen molar-refractivity contribution in [1.29, 1.82) is 0 Å². The van der Waals surface area contributed by atoms with Gasteiger partial charge in [0.05, 0.1) is 0 Å². The second kappa shape index (κ2) is 3.94. The van der Waals surface area contributed by atoms with E-state index in [1.807, 2.05) is 12.2 Å². The molecule has 0 fully saturated rings. The summed E-state index contributed by atoms with van der Waals surface area (Å²) < 4.78 is 0. The summed E-state index contributed by atoms with van der Waals surface area (Å²) in [5, 5.41) is 0. The quantitative estimate of drug-likeness (QED) is 0.680. The van der Waals surface area contributed by atoms with E-state index in [4.69, 9.17) is 5.73 Å². The van der Waals surface area contributed by atoms with Crippen LogP contribution in [-0.2, 0) is 0 Å². The van der Waals surface area contributed by atoms with E-state index < -0.39 is 0 Å². The first-order valence-corrected chi connectivity index (χ1v) is 3.76. The smallest absolute Gasteiger partial charge is 0.0110 e. The van der Waals surface area contributed by atoms with Crippen LogP contribution in [0, 0.1) is 6.92 Å². The summed E-state index contributed by atoms with van der Waals surface area (Å²) in [5.41, 5.74) is 7.82. The number of rotatable bonds is 2. The van der Waals surface area contributed by atoms with Gasteiger partial charge in [0.2, 0.25) is 0 Å². The fourth-order valence-electron chi connectivity index (χ4n) is 0.882. The predicted octanol–water partition coefficient (Wildman–Crippen LogP) is 1.97. The second-order valence-corrected chi connectivity index (χ2v) is 2.55. The molecule has 0 saturated carbocycles. The molecule has 0 heterocycles. The molecule has 0 spiro atoms. The second-order valence-electron chi connectivity index (χ2n) is 2.55. The molecule has 0 aromatic heterocycles. The normalized spacial score (nSPS) is 10.7. The van der Waals surface area contributed by atoms with Gasteiger partial charge in [-0.3, -0.25) is 0 Å². The van der Waals surface area contributed by atoms with Crippen molar-refractivity contribution in [3.63, 3.8) is 0 Å². The van der Waals surface area contributed by atoms with Gasteiger partial charge in [-0.05, 0) is 12.5 Å². The largest absolute Gasteiger partial charge is 0.327 e. The zero-order valence-corrected chi connectivity index (χ0v) is 6.75. The van der Waals surface area contributed by atoms with Gasteiger partial charge in [-0.2, -0.15) is 0 Å². The van der Waals surface area contributed by atoms with Crippen LogP contribution in [0.15, 0.2) is 30.3 Å². The van der Waals surface area contributed by atoms with Crippen molar-refractivity contribution in [2.75, 3.05) is 6.54 Å². The molecular formula is C10H13N. The topological polar surface area (TPSA) is 26.0 Å². The van der Waals surface area contributed by atoms with Gasteiger partial charge in [0, 0.05) is 6.54 Å². The number of aryl methyl sites for hydroxylation is 1. The third kappa shape index (κ3) is 2.56. The number of benzene rings is 1. The average Bonchev–Trinajstić information content (AvgIpc) is 2.04. The molecule has 0 unspecified atom stereocenters. The van der Waals surface area contributed by atoms with Crippen LogP contribution < -0.4 is 5.73 Å². The standard InChI is InChI=1S/C10H13N/c1-9-4-6-10(7-5-9)3-2-8-11/h2-7H,8,11H2,1H3. The Bertz CT molecular complexity index is 234. The van der Waals surface area contributed by atoms with Crippen molar-refractivity contribution in [2.24, 2.45) is 5.73 Å². The SMILES string of the molecule is Cc1ccc(C=CCN)cc1. The van der Waals surface area contributed by atoms with Crippen LogP contribution in [0.4, 0.5) is 0 Å². The first-order valence-electron chi connectivity index (χ1n) is 3.76. The molecule has 1 rings (SSSR count). The third-order valence-electron chi connectivity index (χ3n) is 1.52. The molecule has 0 bridgehead atoms. The highest BCUT2D eigenvalue weighted by molar-refractivity contribution is 5.49. The molecule has 1 nitrogen and oxygen atoms in total. The van der Waals surface area contributed by atoms with E-state index in [0.717, 1.165) is 0 Å². The predicted molar refractivity (Wildman–Crippen MR) is 49.3 cm³/mol. The molecule has 0 amide bonds. The van der Waals surface area contributed by atoms with Crippen LogP contribution in [0.25, 0.3) is 6.08 Å². The molecule has 1 aromatic carbocycles. The summed E-state index contributed by atoms with van der Waals surface area (Å²) in [7, 11) is 0. The van der Waals surface area contributed by atoms with Gasteiger partial charge in [-0.25, -0.2) is 0 Å². The summed E-state index contributed by atoms with van der Waals surface area (Å²) in [4.78, 5) is 0. The Morgan fingerprint density at radius 3 is 2.45 bits per heavy atom. The van der Waals surface area contributed by atoms with Crippen LogP contribution in [0.3, 0.4) is 0 Å². The van der Waals surface area contributed by atoms with Crippen molar-refractivity contribution in [1.82, 2.24) is 0 Å². The Kier molecular flexibility index (Phi) is 2.87. The molecule has 58 valence electrons. The highest BCUT2D eigenvalue weighted by Crippen LogP contribution is 2.04. The lowest BCUT2D eigenvalue weighted by Gasteiger charge is -1.93. The number of hydrogen-bond donors (Lipinski definition) is 1. The fourth-order valence-corrected chi connectivity index (χ4v) is 0.882. The first-order chi connectivity index (χ1) is 5.33. The summed E-state index contributed by atoms with van der Waals surface area (Å²) in [6.07, 6.45) is 3.98. The van der Waals surface area contributed by atoms with Gasteiger partial charge in [-0.15, -0.1) is 0 Å². The summed E-state index contributed by atoms with van der Waals surface area (Å²) in [6.45, 7) is 2.68. The van der Waals surface area contributed by atoms with Gasteiger partial charge >= 0.3 is 0 Å². The van der Waals surface area contributed by atoms with Crippen molar-refractivity contribution < 1.29 is 0 Å². The highest BCUT2D eigenvalue weighted by atomic mass is 14.5. The fraction of sp³-hybridized carbons (Fsp3) is 0.200. The van der Waals surface area contributed by atoms with Gasteiger partial charge in [0.25, 0.3) is 0 Å². The van der Waals surface area contributed by atoms with Crippen LogP contribution in [0.2, 0.25) is 0 Å². The zero-order valence-electron chi connectivity index (χ0n) is 6.75. The Labute approximate surface area is 67.5 Å². The maximum Gasteiger partial charge on any atom is 0.0110 e. The molecule has 0 radical (unpaired) electrons. The third-order valence-corrected chi connectivity index (χ3v) is 1.52. The van der Waals surface area contributed by atoms with Crippen LogP contribution >= 0.6 is 0 Å². The lowest BCUT2D eigenvalue weighted by molar-refractivity contribution is 1.26. The van der Waals surface area contributed by atoms with Crippen molar-refractivity contribution in [3.05, 3.63) is 41.5 Å². The van der Waals surface area contributed by atoms with E-state index in [1.54, 1.807) is 0 Å². The highest BCUT2D eigenvalue weighted by Gasteiger charge is 1.84. The Hall–Kier alpha value is -1.08. The molecule has 2 N–H and O–H groups in total. The maximum absolute atomic E-state index is 5.32. The van der Waals surface area contributed by atoms with Gasteiger partial charge in [-0.1, -0.05) is 42.0 Å². The minimum absolute atomic E-state index is 0.605. The minimum Gasteiger partial charge on any atom is -0.327 e. The van der Waals surface area contributed by atoms with Gasteiger partial charge < -0.3 is 5.73 Å². The van der Waals surface area contributed by atoms with E-state index in [-0.39, 0.29) is 0 Å². The molecule has 0 aliphatic heterocycles. The van der Waals surface area contributed by atoms with E-state index in [2.05, 4.69) is 31.2 Å². The number of hydrogen-bond acceptors (Lipinski definition) is 1. The van der Waals surface area contributed by atoms with E-state index in [9.17, 15) is 0 Å². The molecule has 1 heteroatoms. The monoisotopic (exact) mass is 147 g/mol. The Morgan fingerprint density at radius 1 is 1.27 bits per heavy atom.